The zero-order valence-electron chi connectivity index (χ0n) is 9.86. The summed E-state index contributed by atoms with van der Waals surface area (Å²) < 4.78 is 18.4. The molecule has 4 nitrogen and oxygen atoms in total. The van der Waals surface area contributed by atoms with Crippen LogP contribution in [0.1, 0.15) is 12.5 Å². The molecule has 1 aromatic carbocycles. The molecule has 1 amide bonds. The average molecular weight is 269 g/mol. The van der Waals surface area contributed by atoms with Crippen molar-refractivity contribution in [3.8, 4) is 5.75 Å². The summed E-state index contributed by atoms with van der Waals surface area (Å²) in [5, 5.41) is 11.7. The van der Waals surface area contributed by atoms with Gasteiger partial charge in [0.2, 0.25) is 0 Å². The number of rotatable bonds is 2. The number of hydrogen-bond donors (Lipinski definition) is 2. The summed E-state index contributed by atoms with van der Waals surface area (Å²) in [4.78, 5) is 11.6. The summed E-state index contributed by atoms with van der Waals surface area (Å²) in [5.41, 5.74) is 1.26. The van der Waals surface area contributed by atoms with Crippen LogP contribution in [0.25, 0.3) is 5.57 Å². The highest BCUT2D eigenvalue weighted by atomic mass is 32.2. The van der Waals surface area contributed by atoms with E-state index in [1.54, 1.807) is 13.0 Å². The van der Waals surface area contributed by atoms with Crippen molar-refractivity contribution in [2.45, 2.75) is 13.2 Å². The SMILES string of the molecule is COc1ccc(/C(C)=C2\SC(=O)NC2O)cc1F. The van der Waals surface area contributed by atoms with Crippen LogP contribution < -0.4 is 10.1 Å². The fourth-order valence-electron chi connectivity index (χ4n) is 1.69. The van der Waals surface area contributed by atoms with Crippen molar-refractivity contribution in [2.75, 3.05) is 7.11 Å². The van der Waals surface area contributed by atoms with Crippen LogP contribution in [0.4, 0.5) is 9.18 Å². The maximum atomic E-state index is 13.6. The lowest BCUT2D eigenvalue weighted by Crippen LogP contribution is -2.24. The molecular weight excluding hydrogens is 257 g/mol. The molecule has 18 heavy (non-hydrogen) atoms. The molecule has 1 fully saturated rings. The lowest BCUT2D eigenvalue weighted by Gasteiger charge is -2.09. The Morgan fingerprint density at radius 2 is 2.28 bits per heavy atom. The topological polar surface area (TPSA) is 58.6 Å². The van der Waals surface area contributed by atoms with Crippen LogP contribution in [0.2, 0.25) is 0 Å². The molecule has 0 bridgehead atoms. The first-order valence-corrected chi connectivity index (χ1v) is 6.05. The highest BCUT2D eigenvalue weighted by Crippen LogP contribution is 2.34. The minimum atomic E-state index is -1.02. The lowest BCUT2D eigenvalue weighted by atomic mass is 10.1. The van der Waals surface area contributed by atoms with E-state index in [2.05, 4.69) is 5.32 Å². The predicted octanol–water partition coefficient (Wildman–Crippen LogP) is 2.34. The van der Waals surface area contributed by atoms with E-state index < -0.39 is 12.0 Å². The Morgan fingerprint density at radius 3 is 2.78 bits per heavy atom. The first kappa shape index (κ1) is 12.9. The zero-order valence-corrected chi connectivity index (χ0v) is 10.7. The molecule has 1 heterocycles. The Labute approximate surface area is 108 Å². The number of thioether (sulfide) groups is 1. The van der Waals surface area contributed by atoms with Crippen molar-refractivity contribution in [3.05, 3.63) is 34.5 Å². The molecular formula is C12H12FNO3S. The predicted molar refractivity (Wildman–Crippen MR) is 67.7 cm³/mol. The number of hydrogen-bond acceptors (Lipinski definition) is 4. The molecule has 1 atom stereocenters. The number of benzene rings is 1. The van der Waals surface area contributed by atoms with E-state index in [1.807, 2.05) is 0 Å². The molecule has 0 spiro atoms. The summed E-state index contributed by atoms with van der Waals surface area (Å²) in [5.74, 6) is -0.322. The molecule has 0 saturated carbocycles. The molecule has 1 unspecified atom stereocenters. The normalized spacial score (nSPS) is 21.8. The molecule has 2 rings (SSSR count). The Kier molecular flexibility index (Phi) is 3.58. The number of allylic oxidation sites excluding steroid dienone is 1. The van der Waals surface area contributed by atoms with Gasteiger partial charge in [0.05, 0.1) is 7.11 Å². The second-order valence-electron chi connectivity index (χ2n) is 3.77. The first-order chi connectivity index (χ1) is 8.52. The molecule has 1 aliphatic heterocycles. The zero-order chi connectivity index (χ0) is 13.3. The number of aliphatic hydroxyl groups is 1. The van der Waals surface area contributed by atoms with E-state index in [-0.39, 0.29) is 11.0 Å². The number of methoxy groups -OCH3 is 1. The second kappa shape index (κ2) is 4.99. The number of amides is 1. The number of carbonyl (C=O) groups is 1. The van der Waals surface area contributed by atoms with E-state index in [0.717, 1.165) is 11.8 Å². The van der Waals surface area contributed by atoms with Crippen LogP contribution >= 0.6 is 11.8 Å². The fraction of sp³-hybridized carbons (Fsp3) is 0.250. The van der Waals surface area contributed by atoms with Gasteiger partial charge in [0, 0.05) is 4.91 Å². The van der Waals surface area contributed by atoms with Gasteiger partial charge in [-0.3, -0.25) is 4.79 Å². The third-order valence-electron chi connectivity index (χ3n) is 2.66. The molecule has 0 aliphatic carbocycles. The summed E-state index contributed by atoms with van der Waals surface area (Å²) in [7, 11) is 1.39. The van der Waals surface area contributed by atoms with Crippen LogP contribution in [0.3, 0.4) is 0 Å². The lowest BCUT2D eigenvalue weighted by molar-refractivity contribution is 0.192. The number of nitrogens with one attached hydrogen (secondary N) is 1. The average Bonchev–Trinajstić information content (AvgIpc) is 2.67. The Bertz CT molecular complexity index is 530. The molecule has 1 saturated heterocycles. The van der Waals surface area contributed by atoms with E-state index in [9.17, 15) is 14.3 Å². The molecule has 1 aromatic rings. The van der Waals surface area contributed by atoms with Gasteiger partial charge in [-0.1, -0.05) is 6.07 Å². The smallest absolute Gasteiger partial charge is 0.285 e. The molecule has 96 valence electrons. The maximum absolute atomic E-state index is 13.6. The van der Waals surface area contributed by atoms with E-state index in [0.29, 0.717) is 16.0 Å². The van der Waals surface area contributed by atoms with Gasteiger partial charge in [-0.25, -0.2) is 4.39 Å². The van der Waals surface area contributed by atoms with Gasteiger partial charge >= 0.3 is 0 Å². The monoisotopic (exact) mass is 269 g/mol. The fourth-order valence-corrected chi connectivity index (χ4v) is 2.50. The van der Waals surface area contributed by atoms with Gasteiger partial charge < -0.3 is 15.2 Å². The van der Waals surface area contributed by atoms with Gasteiger partial charge in [0.15, 0.2) is 17.8 Å². The Balaban J connectivity index is 2.40. The minimum Gasteiger partial charge on any atom is -0.494 e. The standard InChI is InChI=1S/C12H12FNO3S/c1-6(10-11(15)14-12(16)18-10)7-3-4-9(17-2)8(13)5-7/h3-5,11,15H,1-2H3,(H,14,16)/b10-6-. The first-order valence-electron chi connectivity index (χ1n) is 5.24. The third-order valence-corrected chi connectivity index (χ3v) is 3.71. The van der Waals surface area contributed by atoms with Crippen molar-refractivity contribution >= 4 is 22.6 Å². The maximum Gasteiger partial charge on any atom is 0.285 e. The summed E-state index contributed by atoms with van der Waals surface area (Å²) in [6.07, 6.45) is -1.02. The number of carbonyl (C=O) groups excluding carboxylic acids is 1. The quantitative estimate of drug-likeness (QED) is 0.865. The number of ether oxygens (including phenoxy) is 1. The second-order valence-corrected chi connectivity index (χ2v) is 4.79. The Morgan fingerprint density at radius 1 is 1.56 bits per heavy atom. The molecule has 6 heteroatoms. The molecule has 2 N–H and O–H groups in total. The highest BCUT2D eigenvalue weighted by Gasteiger charge is 2.27. The van der Waals surface area contributed by atoms with Crippen molar-refractivity contribution in [2.24, 2.45) is 0 Å². The van der Waals surface area contributed by atoms with Crippen LogP contribution in [-0.4, -0.2) is 23.7 Å². The number of halogens is 1. The number of aliphatic hydroxyl groups excluding tert-OH is 1. The molecule has 1 aliphatic rings. The van der Waals surface area contributed by atoms with Crippen LogP contribution in [0.15, 0.2) is 23.1 Å². The van der Waals surface area contributed by atoms with E-state index in [4.69, 9.17) is 4.74 Å². The van der Waals surface area contributed by atoms with Crippen LogP contribution in [-0.2, 0) is 0 Å². The summed E-state index contributed by atoms with van der Waals surface area (Å²) >= 11 is 0.918. The van der Waals surface area contributed by atoms with Crippen molar-refractivity contribution < 1.29 is 19.0 Å². The van der Waals surface area contributed by atoms with Crippen LogP contribution in [0.5, 0.6) is 5.75 Å². The van der Waals surface area contributed by atoms with Gasteiger partial charge in [-0.05, 0) is 42.0 Å². The summed E-state index contributed by atoms with van der Waals surface area (Å²) in [6.45, 7) is 1.73. The van der Waals surface area contributed by atoms with Crippen molar-refractivity contribution in [1.29, 1.82) is 0 Å². The molecule has 0 radical (unpaired) electrons. The Hall–Kier alpha value is -1.53. The van der Waals surface area contributed by atoms with Gasteiger partial charge in [0.1, 0.15) is 0 Å². The van der Waals surface area contributed by atoms with E-state index >= 15 is 0 Å². The third kappa shape index (κ3) is 2.34. The minimum absolute atomic E-state index is 0.158. The summed E-state index contributed by atoms with van der Waals surface area (Å²) in [6, 6.07) is 4.51. The van der Waals surface area contributed by atoms with Crippen molar-refractivity contribution in [3.63, 3.8) is 0 Å². The van der Waals surface area contributed by atoms with E-state index in [1.165, 1.54) is 19.2 Å². The largest absolute Gasteiger partial charge is 0.494 e. The van der Waals surface area contributed by atoms with Crippen LogP contribution in [0, 0.1) is 5.82 Å². The van der Waals surface area contributed by atoms with Gasteiger partial charge in [0.25, 0.3) is 5.24 Å². The van der Waals surface area contributed by atoms with Gasteiger partial charge in [-0.15, -0.1) is 0 Å². The van der Waals surface area contributed by atoms with Crippen molar-refractivity contribution in [1.82, 2.24) is 5.32 Å². The molecule has 0 aromatic heterocycles. The highest BCUT2D eigenvalue weighted by molar-refractivity contribution is 8.17. The van der Waals surface area contributed by atoms with Gasteiger partial charge in [-0.2, -0.15) is 0 Å².